The van der Waals surface area contributed by atoms with E-state index in [9.17, 15) is 13.6 Å². The van der Waals surface area contributed by atoms with Crippen LogP contribution >= 0.6 is 0 Å². The second kappa shape index (κ2) is 3.57. The molecule has 0 aliphatic heterocycles. The predicted octanol–water partition coefficient (Wildman–Crippen LogP) is 1.61. The molecule has 1 heterocycles. The van der Waals surface area contributed by atoms with Crippen molar-refractivity contribution in [1.82, 2.24) is 4.98 Å². The summed E-state index contributed by atoms with van der Waals surface area (Å²) in [4.78, 5) is 13.9. The number of aromatic nitrogens is 1. The van der Waals surface area contributed by atoms with Crippen LogP contribution in [0, 0.1) is 6.92 Å². The van der Waals surface area contributed by atoms with Crippen LogP contribution < -0.4 is 5.73 Å². The Morgan fingerprint density at radius 1 is 1.64 bits per heavy atom. The van der Waals surface area contributed by atoms with Crippen LogP contribution in [0.2, 0.25) is 0 Å². The summed E-state index contributed by atoms with van der Waals surface area (Å²) in [7, 11) is 0. The number of pyridine rings is 1. The molecule has 0 aliphatic carbocycles. The summed E-state index contributed by atoms with van der Waals surface area (Å²) in [6.07, 6.45) is -1.96. The average Bonchev–Trinajstić information content (AvgIpc) is 2.08. The van der Waals surface area contributed by atoms with Gasteiger partial charge in [-0.15, -0.1) is 0 Å². The Labute approximate surface area is 78.4 Å². The van der Waals surface area contributed by atoms with Gasteiger partial charge in [-0.1, -0.05) is 0 Å². The van der Waals surface area contributed by atoms with Gasteiger partial charge < -0.3 is 10.8 Å². The number of nitrogens with two attached hydrogens (primary N) is 1. The molecule has 0 amide bonds. The largest absolute Gasteiger partial charge is 0.477 e. The minimum Gasteiger partial charge on any atom is -0.477 e. The summed E-state index contributed by atoms with van der Waals surface area (Å²) >= 11 is 0. The maximum Gasteiger partial charge on any atom is 0.354 e. The average molecular weight is 202 g/mol. The fraction of sp³-hybridized carbons (Fsp3) is 0.250. The van der Waals surface area contributed by atoms with E-state index >= 15 is 0 Å². The van der Waals surface area contributed by atoms with E-state index in [-0.39, 0.29) is 16.9 Å². The molecule has 3 N–H and O–H groups in total. The van der Waals surface area contributed by atoms with Crippen molar-refractivity contribution >= 4 is 11.7 Å². The van der Waals surface area contributed by atoms with E-state index in [1.807, 2.05) is 0 Å². The van der Waals surface area contributed by atoms with Gasteiger partial charge in [0.25, 0.3) is 6.43 Å². The van der Waals surface area contributed by atoms with Crippen LogP contribution in [-0.4, -0.2) is 16.1 Å². The molecule has 0 aromatic carbocycles. The highest BCUT2D eigenvalue weighted by atomic mass is 19.3. The van der Waals surface area contributed by atoms with E-state index in [4.69, 9.17) is 10.8 Å². The van der Waals surface area contributed by atoms with Crippen molar-refractivity contribution in [1.29, 1.82) is 0 Å². The summed E-state index contributed by atoms with van der Waals surface area (Å²) in [6.45, 7) is 1.34. The van der Waals surface area contributed by atoms with E-state index in [1.54, 1.807) is 0 Å². The van der Waals surface area contributed by atoms with Crippen molar-refractivity contribution in [3.05, 3.63) is 23.0 Å². The summed E-state index contributed by atoms with van der Waals surface area (Å²) in [5, 5.41) is 8.61. The number of hydrogen-bond donors (Lipinski definition) is 2. The summed E-state index contributed by atoms with van der Waals surface area (Å²) in [5.74, 6) is -1.28. The molecule has 4 nitrogen and oxygen atoms in total. The van der Waals surface area contributed by atoms with Crippen molar-refractivity contribution in [3.63, 3.8) is 0 Å². The van der Waals surface area contributed by atoms with Gasteiger partial charge in [-0.3, -0.25) is 0 Å². The molecule has 1 aromatic rings. The Bertz CT molecular complexity index is 380. The number of carboxylic acids is 1. The first-order chi connectivity index (χ1) is 6.45. The molecule has 14 heavy (non-hydrogen) atoms. The molecule has 76 valence electrons. The quantitative estimate of drug-likeness (QED) is 0.763. The van der Waals surface area contributed by atoms with Crippen LogP contribution in [0.3, 0.4) is 0 Å². The zero-order chi connectivity index (χ0) is 10.9. The lowest BCUT2D eigenvalue weighted by Gasteiger charge is -2.08. The van der Waals surface area contributed by atoms with Gasteiger partial charge in [0, 0.05) is 17.4 Å². The Morgan fingerprint density at radius 3 is 2.64 bits per heavy atom. The van der Waals surface area contributed by atoms with Crippen molar-refractivity contribution in [2.45, 2.75) is 13.3 Å². The smallest absolute Gasteiger partial charge is 0.354 e. The first-order valence-corrected chi connectivity index (χ1v) is 3.71. The van der Waals surface area contributed by atoms with Crippen LogP contribution in [0.5, 0.6) is 0 Å². The third-order valence-corrected chi connectivity index (χ3v) is 1.84. The number of anilines is 1. The van der Waals surface area contributed by atoms with E-state index in [0.717, 1.165) is 6.20 Å². The number of hydrogen-bond acceptors (Lipinski definition) is 3. The summed E-state index contributed by atoms with van der Waals surface area (Å²) in [5.41, 5.74) is 4.45. The number of alkyl halides is 2. The van der Waals surface area contributed by atoms with Gasteiger partial charge in [-0.25, -0.2) is 18.6 Å². The van der Waals surface area contributed by atoms with Crippen LogP contribution in [0.1, 0.15) is 28.0 Å². The van der Waals surface area contributed by atoms with Crippen LogP contribution in [0.25, 0.3) is 0 Å². The number of carbonyl (C=O) groups is 1. The van der Waals surface area contributed by atoms with E-state index in [2.05, 4.69) is 4.98 Å². The van der Waals surface area contributed by atoms with Gasteiger partial charge in [0.2, 0.25) is 0 Å². The standard InChI is InChI=1S/C8H8F2N2O2/c1-3-5(11)4(7(9)10)2-12-6(3)8(13)14/h2,7H,1H3,(H2,11,12)(H,13,14). The topological polar surface area (TPSA) is 76.2 Å². The Kier molecular flexibility index (Phi) is 2.64. The highest BCUT2D eigenvalue weighted by Crippen LogP contribution is 2.27. The lowest BCUT2D eigenvalue weighted by Crippen LogP contribution is -2.08. The number of nitrogen functional groups attached to an aromatic ring is 1. The predicted molar refractivity (Wildman–Crippen MR) is 45.3 cm³/mol. The van der Waals surface area contributed by atoms with E-state index in [1.165, 1.54) is 6.92 Å². The van der Waals surface area contributed by atoms with Crippen molar-refractivity contribution in [2.75, 3.05) is 5.73 Å². The molecule has 1 rings (SSSR count). The van der Waals surface area contributed by atoms with Crippen molar-refractivity contribution in [3.8, 4) is 0 Å². The van der Waals surface area contributed by atoms with Gasteiger partial charge in [0.05, 0.1) is 5.56 Å². The molecule has 1 aromatic heterocycles. The lowest BCUT2D eigenvalue weighted by molar-refractivity contribution is 0.0689. The number of halogens is 2. The molecule has 6 heteroatoms. The molecule has 0 unspecified atom stereocenters. The number of aromatic carboxylic acids is 1. The van der Waals surface area contributed by atoms with Crippen molar-refractivity contribution < 1.29 is 18.7 Å². The molecule has 0 radical (unpaired) electrons. The van der Waals surface area contributed by atoms with Crippen molar-refractivity contribution in [2.24, 2.45) is 0 Å². The highest BCUT2D eigenvalue weighted by Gasteiger charge is 2.18. The fourth-order valence-corrected chi connectivity index (χ4v) is 1.03. The minimum absolute atomic E-state index is 0.0651. The third kappa shape index (κ3) is 1.63. The van der Waals surface area contributed by atoms with Gasteiger partial charge in [0.1, 0.15) is 0 Å². The summed E-state index contributed by atoms with van der Waals surface area (Å²) in [6, 6.07) is 0. The molecule has 0 spiro atoms. The van der Waals surface area contributed by atoms with Gasteiger partial charge in [0.15, 0.2) is 5.69 Å². The molecule has 0 fully saturated rings. The molecule has 0 bridgehead atoms. The third-order valence-electron chi connectivity index (χ3n) is 1.84. The highest BCUT2D eigenvalue weighted by molar-refractivity contribution is 5.89. The number of rotatable bonds is 2. The van der Waals surface area contributed by atoms with E-state index < -0.39 is 18.0 Å². The SMILES string of the molecule is Cc1c(C(=O)O)ncc(C(F)F)c1N. The van der Waals surface area contributed by atoms with Crippen LogP contribution in [0.15, 0.2) is 6.20 Å². The first kappa shape index (κ1) is 10.4. The Hall–Kier alpha value is -1.72. The monoisotopic (exact) mass is 202 g/mol. The lowest BCUT2D eigenvalue weighted by atomic mass is 10.1. The first-order valence-electron chi connectivity index (χ1n) is 3.71. The van der Waals surface area contributed by atoms with Gasteiger partial charge >= 0.3 is 5.97 Å². The Balaban J connectivity index is 3.33. The number of nitrogens with zero attached hydrogens (tertiary/aromatic N) is 1. The second-order valence-electron chi connectivity index (χ2n) is 2.71. The second-order valence-corrected chi connectivity index (χ2v) is 2.71. The van der Waals surface area contributed by atoms with E-state index in [0.29, 0.717) is 0 Å². The van der Waals surface area contributed by atoms with Gasteiger partial charge in [-0.05, 0) is 6.92 Å². The zero-order valence-electron chi connectivity index (χ0n) is 7.29. The normalized spacial score (nSPS) is 10.6. The van der Waals surface area contributed by atoms with Crippen LogP contribution in [-0.2, 0) is 0 Å². The Morgan fingerprint density at radius 2 is 2.21 bits per heavy atom. The molecule has 0 saturated heterocycles. The zero-order valence-corrected chi connectivity index (χ0v) is 7.29. The fourth-order valence-electron chi connectivity index (χ4n) is 1.03. The molecule has 0 aliphatic rings. The molecule has 0 atom stereocenters. The maximum atomic E-state index is 12.3. The minimum atomic E-state index is -2.75. The summed E-state index contributed by atoms with van der Waals surface area (Å²) < 4.78 is 24.5. The number of carboxylic acid groups (broad SMARTS) is 1. The molecule has 0 saturated carbocycles. The van der Waals surface area contributed by atoms with Crippen LogP contribution in [0.4, 0.5) is 14.5 Å². The molecular weight excluding hydrogens is 194 g/mol. The molecular formula is C8H8F2N2O2. The maximum absolute atomic E-state index is 12.3. The van der Waals surface area contributed by atoms with Gasteiger partial charge in [-0.2, -0.15) is 0 Å².